The van der Waals surface area contributed by atoms with Gasteiger partial charge in [-0.05, 0) is 53.6 Å². The maximum absolute atomic E-state index is 12.4. The van der Waals surface area contributed by atoms with Crippen molar-refractivity contribution in [3.63, 3.8) is 0 Å². The molecule has 3 rings (SSSR count). The van der Waals surface area contributed by atoms with E-state index in [0.29, 0.717) is 0 Å². The van der Waals surface area contributed by atoms with E-state index in [1.807, 2.05) is 29.2 Å². The third-order valence-electron chi connectivity index (χ3n) is 3.59. The molecule has 0 atom stereocenters. The topological polar surface area (TPSA) is 32.3 Å². The third-order valence-corrected chi connectivity index (χ3v) is 4.26. The van der Waals surface area contributed by atoms with Crippen molar-refractivity contribution in [2.24, 2.45) is 0 Å². The van der Waals surface area contributed by atoms with E-state index in [4.69, 9.17) is 0 Å². The molecule has 1 aromatic rings. The summed E-state index contributed by atoms with van der Waals surface area (Å²) < 4.78 is 1.12. The zero-order valence-electron chi connectivity index (χ0n) is 9.99. The normalized spacial score (nSPS) is 20.4. The minimum atomic E-state index is 0. The van der Waals surface area contributed by atoms with E-state index in [1.165, 1.54) is 12.8 Å². The number of hydrogen-bond donors (Lipinski definition) is 1. The van der Waals surface area contributed by atoms with Crippen LogP contribution in [0.15, 0.2) is 24.3 Å². The average Bonchev–Trinajstić information content (AvgIpc) is 3.07. The monoisotopic (exact) mass is 378 g/mol. The van der Waals surface area contributed by atoms with E-state index in [0.717, 1.165) is 28.8 Å². The van der Waals surface area contributed by atoms with Crippen LogP contribution in [0.2, 0.25) is 0 Å². The Hall–Kier alpha value is -0.330. The van der Waals surface area contributed by atoms with E-state index in [1.54, 1.807) is 0 Å². The van der Waals surface area contributed by atoms with Crippen molar-refractivity contribution in [3.05, 3.63) is 33.4 Å². The molecule has 1 saturated carbocycles. The molecule has 98 valence electrons. The van der Waals surface area contributed by atoms with Crippen LogP contribution in [0.25, 0.3) is 0 Å². The number of nitrogens with zero attached hydrogens (tertiary/aromatic N) is 1. The van der Waals surface area contributed by atoms with Crippen LogP contribution in [0, 0.1) is 3.57 Å². The quantitative estimate of drug-likeness (QED) is 0.761. The number of benzene rings is 1. The smallest absolute Gasteiger partial charge is 0.253 e. The third kappa shape index (κ3) is 2.81. The predicted molar refractivity (Wildman–Crippen MR) is 82.3 cm³/mol. The fourth-order valence-corrected chi connectivity index (χ4v) is 2.96. The molecule has 2 aliphatic rings. The second kappa shape index (κ2) is 5.35. The van der Waals surface area contributed by atoms with Crippen molar-refractivity contribution in [2.45, 2.75) is 18.4 Å². The van der Waals surface area contributed by atoms with E-state index in [9.17, 15) is 4.79 Å². The maximum atomic E-state index is 12.4. The molecule has 0 unspecified atom stereocenters. The van der Waals surface area contributed by atoms with Gasteiger partial charge in [-0.15, -0.1) is 12.4 Å². The zero-order valence-corrected chi connectivity index (χ0v) is 13.0. The summed E-state index contributed by atoms with van der Waals surface area (Å²) in [5.74, 6) is 0.177. The summed E-state index contributed by atoms with van der Waals surface area (Å²) in [6.07, 6.45) is 2.42. The molecule has 1 spiro atoms. The summed E-state index contributed by atoms with van der Waals surface area (Å²) in [5.41, 5.74) is 1.07. The van der Waals surface area contributed by atoms with Gasteiger partial charge in [-0.25, -0.2) is 0 Å². The highest BCUT2D eigenvalue weighted by Crippen LogP contribution is 2.37. The van der Waals surface area contributed by atoms with Crippen molar-refractivity contribution in [1.82, 2.24) is 10.2 Å². The van der Waals surface area contributed by atoms with Gasteiger partial charge in [-0.3, -0.25) is 4.79 Å². The number of nitrogens with one attached hydrogen (secondary N) is 1. The molecular weight excluding hydrogens is 363 g/mol. The molecule has 1 aliphatic heterocycles. The Balaban J connectivity index is 0.00000120. The standard InChI is InChI=1S/C13H15IN2O.ClH/c14-11-3-1-2-10(8-11)12(17)16-7-6-15-13(9-16)4-5-13;/h1-3,8,15H,4-7,9H2;1H. The molecule has 1 N–H and O–H groups in total. The summed E-state index contributed by atoms with van der Waals surface area (Å²) in [4.78, 5) is 14.4. The zero-order chi connectivity index (χ0) is 11.9. The highest BCUT2D eigenvalue weighted by atomic mass is 127. The Labute approximate surface area is 127 Å². The first kappa shape index (κ1) is 14.1. The second-order valence-electron chi connectivity index (χ2n) is 4.94. The molecule has 18 heavy (non-hydrogen) atoms. The maximum Gasteiger partial charge on any atom is 0.253 e. The molecule has 1 amide bonds. The molecule has 1 heterocycles. The first-order valence-electron chi connectivity index (χ1n) is 5.98. The van der Waals surface area contributed by atoms with Crippen LogP contribution in [-0.4, -0.2) is 36.0 Å². The lowest BCUT2D eigenvalue weighted by molar-refractivity contribution is 0.0691. The van der Waals surface area contributed by atoms with Gasteiger partial charge in [0, 0.05) is 34.3 Å². The van der Waals surface area contributed by atoms with Gasteiger partial charge >= 0.3 is 0 Å². The summed E-state index contributed by atoms with van der Waals surface area (Å²) in [5, 5.41) is 3.52. The van der Waals surface area contributed by atoms with Gasteiger partial charge in [0.1, 0.15) is 0 Å². The van der Waals surface area contributed by atoms with Crippen LogP contribution in [0.1, 0.15) is 23.2 Å². The molecule has 0 bridgehead atoms. The predicted octanol–water partition coefficient (Wildman–Crippen LogP) is 2.29. The number of carbonyl (C=O) groups excluding carboxylic acids is 1. The number of halogens is 2. The molecule has 2 fully saturated rings. The summed E-state index contributed by atoms with van der Waals surface area (Å²) >= 11 is 2.25. The second-order valence-corrected chi connectivity index (χ2v) is 6.19. The van der Waals surface area contributed by atoms with Crippen molar-refractivity contribution in [1.29, 1.82) is 0 Å². The molecule has 0 aromatic heterocycles. The van der Waals surface area contributed by atoms with Crippen LogP contribution in [0.3, 0.4) is 0 Å². The van der Waals surface area contributed by atoms with Crippen LogP contribution in [0.4, 0.5) is 0 Å². The Morgan fingerprint density at radius 1 is 1.39 bits per heavy atom. The largest absolute Gasteiger partial charge is 0.336 e. The SMILES string of the molecule is Cl.O=C(c1cccc(I)c1)N1CCNC2(CC2)C1. The van der Waals surface area contributed by atoms with Gasteiger partial charge in [0.25, 0.3) is 5.91 Å². The number of hydrogen-bond acceptors (Lipinski definition) is 2. The Bertz CT molecular complexity index is 462. The van der Waals surface area contributed by atoms with Crippen molar-refractivity contribution >= 4 is 40.9 Å². The van der Waals surface area contributed by atoms with E-state index in [-0.39, 0.29) is 23.9 Å². The number of amides is 1. The average molecular weight is 379 g/mol. The Morgan fingerprint density at radius 2 is 2.17 bits per heavy atom. The fourth-order valence-electron chi connectivity index (χ4n) is 2.42. The molecule has 0 radical (unpaired) electrons. The van der Waals surface area contributed by atoms with Gasteiger partial charge in [-0.2, -0.15) is 0 Å². The minimum absolute atomic E-state index is 0. The first-order chi connectivity index (χ1) is 8.19. The van der Waals surface area contributed by atoms with Crippen LogP contribution < -0.4 is 5.32 Å². The number of rotatable bonds is 1. The highest BCUT2D eigenvalue weighted by Gasteiger charge is 2.46. The van der Waals surface area contributed by atoms with Crippen LogP contribution in [0.5, 0.6) is 0 Å². The van der Waals surface area contributed by atoms with Gasteiger partial charge in [0.15, 0.2) is 0 Å². The number of piperazine rings is 1. The molecule has 1 saturated heterocycles. The van der Waals surface area contributed by atoms with Crippen LogP contribution >= 0.6 is 35.0 Å². The molecule has 5 heteroatoms. The molecule has 1 aliphatic carbocycles. The highest BCUT2D eigenvalue weighted by molar-refractivity contribution is 14.1. The van der Waals surface area contributed by atoms with Crippen molar-refractivity contribution in [2.75, 3.05) is 19.6 Å². The summed E-state index contributed by atoms with van der Waals surface area (Å²) in [6.45, 7) is 2.62. The van der Waals surface area contributed by atoms with Gasteiger partial charge < -0.3 is 10.2 Å². The summed E-state index contributed by atoms with van der Waals surface area (Å²) in [6, 6.07) is 7.83. The summed E-state index contributed by atoms with van der Waals surface area (Å²) in [7, 11) is 0. The van der Waals surface area contributed by atoms with E-state index < -0.39 is 0 Å². The van der Waals surface area contributed by atoms with Gasteiger partial charge in [0.05, 0.1) is 0 Å². The molecular formula is C13H16ClIN2O. The van der Waals surface area contributed by atoms with Crippen LogP contribution in [-0.2, 0) is 0 Å². The Morgan fingerprint density at radius 3 is 2.83 bits per heavy atom. The fraction of sp³-hybridized carbons (Fsp3) is 0.462. The van der Waals surface area contributed by atoms with E-state index >= 15 is 0 Å². The Kier molecular flexibility index (Phi) is 4.18. The van der Waals surface area contributed by atoms with Gasteiger partial charge in [0.2, 0.25) is 0 Å². The van der Waals surface area contributed by atoms with Crippen molar-refractivity contribution < 1.29 is 4.79 Å². The lowest BCUT2D eigenvalue weighted by atomic mass is 10.1. The molecule has 1 aromatic carbocycles. The molecule has 3 nitrogen and oxygen atoms in total. The lowest BCUT2D eigenvalue weighted by Crippen LogP contribution is -2.54. The first-order valence-corrected chi connectivity index (χ1v) is 7.06. The minimum Gasteiger partial charge on any atom is -0.336 e. The van der Waals surface area contributed by atoms with E-state index in [2.05, 4.69) is 27.9 Å². The lowest BCUT2D eigenvalue weighted by Gasteiger charge is -2.34. The van der Waals surface area contributed by atoms with Gasteiger partial charge in [-0.1, -0.05) is 6.07 Å². The van der Waals surface area contributed by atoms with Crippen molar-refractivity contribution in [3.8, 4) is 0 Å². The number of carbonyl (C=O) groups is 1.